The summed E-state index contributed by atoms with van der Waals surface area (Å²) in [4.78, 5) is 11.4. The molecule has 1 aliphatic carbocycles. The third kappa shape index (κ3) is 2.09. The van der Waals surface area contributed by atoms with E-state index < -0.39 is 5.97 Å². The third-order valence-electron chi connectivity index (χ3n) is 5.14. The van der Waals surface area contributed by atoms with Crippen LogP contribution >= 0.6 is 15.9 Å². The number of fused-ring (bicyclic) bond motifs is 2. The van der Waals surface area contributed by atoms with Crippen LogP contribution in [0.3, 0.4) is 0 Å². The summed E-state index contributed by atoms with van der Waals surface area (Å²) in [7, 11) is 0. The van der Waals surface area contributed by atoms with Crippen LogP contribution in [0.15, 0.2) is 22.7 Å². The Morgan fingerprint density at radius 2 is 2.15 bits per heavy atom. The Labute approximate surface area is 127 Å². The van der Waals surface area contributed by atoms with E-state index in [2.05, 4.69) is 33.4 Å². The molecule has 1 fully saturated rings. The Morgan fingerprint density at radius 1 is 1.45 bits per heavy atom. The lowest BCUT2D eigenvalue weighted by Gasteiger charge is -2.36. The fourth-order valence-electron chi connectivity index (χ4n) is 4.02. The first-order chi connectivity index (χ1) is 9.55. The highest BCUT2D eigenvalue weighted by molar-refractivity contribution is 9.10. The largest absolute Gasteiger partial charge is 0.481 e. The van der Waals surface area contributed by atoms with Gasteiger partial charge >= 0.3 is 5.97 Å². The normalized spacial score (nSPS) is 25.4. The zero-order chi connectivity index (χ0) is 14.3. The molecule has 1 aromatic rings. The molecule has 108 valence electrons. The van der Waals surface area contributed by atoms with Crippen LogP contribution < -0.4 is 5.32 Å². The minimum Gasteiger partial charge on any atom is -0.481 e. The van der Waals surface area contributed by atoms with Crippen molar-refractivity contribution in [3.63, 3.8) is 0 Å². The predicted molar refractivity (Wildman–Crippen MR) is 82.1 cm³/mol. The molecule has 1 heterocycles. The van der Waals surface area contributed by atoms with Crippen molar-refractivity contribution in [1.29, 1.82) is 0 Å². The molecule has 3 nitrogen and oxygen atoms in total. The topological polar surface area (TPSA) is 49.3 Å². The first-order valence-corrected chi connectivity index (χ1v) is 8.07. The number of carboxylic acid groups (broad SMARTS) is 1. The van der Waals surface area contributed by atoms with Crippen molar-refractivity contribution in [2.45, 2.75) is 37.5 Å². The van der Waals surface area contributed by atoms with Crippen LogP contribution in [0.1, 0.15) is 43.2 Å². The van der Waals surface area contributed by atoms with Crippen molar-refractivity contribution in [3.05, 3.63) is 33.8 Å². The van der Waals surface area contributed by atoms with Gasteiger partial charge in [-0.3, -0.25) is 4.79 Å². The number of hydrogen-bond donors (Lipinski definition) is 2. The molecule has 2 atom stereocenters. The van der Waals surface area contributed by atoms with E-state index in [-0.39, 0.29) is 17.3 Å². The summed E-state index contributed by atoms with van der Waals surface area (Å²) in [6.45, 7) is 3.89. The molecular formula is C16H20BrNO2. The minimum absolute atomic E-state index is 0.137. The number of piperidine rings is 1. The number of hydrogen-bond acceptors (Lipinski definition) is 2. The molecule has 4 heteroatoms. The number of aliphatic carboxylic acids is 1. The van der Waals surface area contributed by atoms with Crippen molar-refractivity contribution in [3.8, 4) is 0 Å². The van der Waals surface area contributed by atoms with Gasteiger partial charge in [0, 0.05) is 4.47 Å². The third-order valence-corrected chi connectivity index (χ3v) is 5.80. The summed E-state index contributed by atoms with van der Waals surface area (Å²) >= 11 is 3.70. The maximum Gasteiger partial charge on any atom is 0.306 e. The van der Waals surface area contributed by atoms with Gasteiger partial charge in [-0.25, -0.2) is 0 Å². The number of nitrogens with one attached hydrogen (secondary N) is 1. The molecule has 1 aliphatic heterocycles. The van der Waals surface area contributed by atoms with E-state index in [1.54, 1.807) is 0 Å². The van der Waals surface area contributed by atoms with E-state index in [1.807, 2.05) is 13.0 Å². The van der Waals surface area contributed by atoms with E-state index in [4.69, 9.17) is 0 Å². The molecule has 1 saturated heterocycles. The molecule has 2 N–H and O–H groups in total. The molecule has 0 saturated carbocycles. The molecule has 20 heavy (non-hydrogen) atoms. The summed E-state index contributed by atoms with van der Waals surface area (Å²) in [5, 5.41) is 12.8. The Balaban J connectivity index is 2.08. The lowest BCUT2D eigenvalue weighted by Crippen LogP contribution is -2.39. The summed E-state index contributed by atoms with van der Waals surface area (Å²) < 4.78 is 1.15. The van der Waals surface area contributed by atoms with Crippen LogP contribution in [0.5, 0.6) is 0 Å². The lowest BCUT2D eigenvalue weighted by atomic mass is 9.73. The second-order valence-electron chi connectivity index (χ2n) is 6.17. The Kier molecular flexibility index (Phi) is 3.63. The summed E-state index contributed by atoms with van der Waals surface area (Å²) in [6, 6.07) is 6.25. The molecule has 0 aromatic heterocycles. The fourth-order valence-corrected chi connectivity index (χ4v) is 4.82. The van der Waals surface area contributed by atoms with E-state index in [1.165, 1.54) is 11.1 Å². The predicted octanol–water partition coefficient (Wildman–Crippen LogP) is 3.28. The molecule has 0 bridgehead atoms. The SMILES string of the molecule is CC(C(=O)O)C1CC2(CCNCC2)c2c(Br)cccc21. The van der Waals surface area contributed by atoms with Gasteiger partial charge in [-0.2, -0.15) is 0 Å². The number of carboxylic acids is 1. The van der Waals surface area contributed by atoms with Gasteiger partial charge in [-0.05, 0) is 60.9 Å². The smallest absolute Gasteiger partial charge is 0.306 e. The van der Waals surface area contributed by atoms with Gasteiger partial charge in [0.1, 0.15) is 0 Å². The van der Waals surface area contributed by atoms with Crippen LogP contribution in [0.25, 0.3) is 0 Å². The second kappa shape index (κ2) is 5.15. The molecule has 2 unspecified atom stereocenters. The van der Waals surface area contributed by atoms with Crippen molar-refractivity contribution in [2.24, 2.45) is 5.92 Å². The number of halogens is 1. The van der Waals surface area contributed by atoms with E-state index >= 15 is 0 Å². The van der Waals surface area contributed by atoms with Crippen LogP contribution in [0.2, 0.25) is 0 Å². The minimum atomic E-state index is -0.688. The highest BCUT2D eigenvalue weighted by Crippen LogP contribution is 2.55. The van der Waals surface area contributed by atoms with Gasteiger partial charge in [0.15, 0.2) is 0 Å². The van der Waals surface area contributed by atoms with Gasteiger partial charge in [0.25, 0.3) is 0 Å². The highest BCUT2D eigenvalue weighted by atomic mass is 79.9. The molecule has 0 radical (unpaired) electrons. The van der Waals surface area contributed by atoms with E-state index in [9.17, 15) is 9.90 Å². The number of carbonyl (C=O) groups is 1. The van der Waals surface area contributed by atoms with Gasteiger partial charge in [-0.1, -0.05) is 35.0 Å². The summed E-state index contributed by atoms with van der Waals surface area (Å²) in [5.41, 5.74) is 2.78. The molecule has 1 aromatic carbocycles. The summed E-state index contributed by atoms with van der Waals surface area (Å²) in [6.07, 6.45) is 3.18. The van der Waals surface area contributed by atoms with Gasteiger partial charge in [0.05, 0.1) is 5.92 Å². The molecule has 0 amide bonds. The summed E-state index contributed by atoms with van der Waals surface area (Å²) in [5.74, 6) is -0.873. The van der Waals surface area contributed by atoms with Gasteiger partial charge in [-0.15, -0.1) is 0 Å². The van der Waals surface area contributed by atoms with Crippen molar-refractivity contribution >= 4 is 21.9 Å². The molecule has 3 rings (SSSR count). The number of rotatable bonds is 2. The van der Waals surface area contributed by atoms with Crippen molar-refractivity contribution in [1.82, 2.24) is 5.32 Å². The molecule has 1 spiro atoms. The monoisotopic (exact) mass is 337 g/mol. The Hall–Kier alpha value is -0.870. The lowest BCUT2D eigenvalue weighted by molar-refractivity contribution is -0.142. The highest BCUT2D eigenvalue weighted by Gasteiger charge is 2.47. The van der Waals surface area contributed by atoms with Gasteiger partial charge in [0.2, 0.25) is 0 Å². The second-order valence-corrected chi connectivity index (χ2v) is 7.03. The number of benzene rings is 1. The fraction of sp³-hybridized carbons (Fsp3) is 0.562. The first-order valence-electron chi connectivity index (χ1n) is 7.27. The average Bonchev–Trinajstić information content (AvgIpc) is 2.75. The zero-order valence-electron chi connectivity index (χ0n) is 11.7. The van der Waals surface area contributed by atoms with Crippen LogP contribution in [0.4, 0.5) is 0 Å². The van der Waals surface area contributed by atoms with Crippen LogP contribution in [-0.2, 0) is 10.2 Å². The molecule has 2 aliphatic rings. The van der Waals surface area contributed by atoms with Crippen LogP contribution in [0, 0.1) is 5.92 Å². The van der Waals surface area contributed by atoms with Crippen molar-refractivity contribution in [2.75, 3.05) is 13.1 Å². The van der Waals surface area contributed by atoms with Crippen LogP contribution in [-0.4, -0.2) is 24.2 Å². The van der Waals surface area contributed by atoms with E-state index in [0.29, 0.717) is 0 Å². The maximum absolute atomic E-state index is 11.4. The quantitative estimate of drug-likeness (QED) is 0.870. The Bertz CT molecular complexity index is 537. The molecular weight excluding hydrogens is 318 g/mol. The maximum atomic E-state index is 11.4. The zero-order valence-corrected chi connectivity index (χ0v) is 13.2. The van der Waals surface area contributed by atoms with Crippen molar-refractivity contribution < 1.29 is 9.90 Å². The Morgan fingerprint density at radius 3 is 2.80 bits per heavy atom. The first kappa shape index (κ1) is 14.1. The van der Waals surface area contributed by atoms with E-state index in [0.717, 1.165) is 36.8 Å². The standard InChI is InChI=1S/C16H20BrNO2/c1-10(15(19)20)12-9-16(5-7-18-8-6-16)14-11(12)3-2-4-13(14)17/h2-4,10,12,18H,5-9H2,1H3,(H,19,20). The van der Waals surface area contributed by atoms with Gasteiger partial charge < -0.3 is 10.4 Å². The average molecular weight is 338 g/mol.